The van der Waals surface area contributed by atoms with E-state index in [0.29, 0.717) is 17.0 Å². The summed E-state index contributed by atoms with van der Waals surface area (Å²) in [7, 11) is -3.66. The molecule has 0 aromatic carbocycles. The smallest absolute Gasteiger partial charge is 0.244 e. The van der Waals surface area contributed by atoms with Gasteiger partial charge in [-0.25, -0.2) is 13.1 Å². The molecule has 0 aliphatic carbocycles. The Morgan fingerprint density at radius 3 is 2.79 bits per heavy atom. The van der Waals surface area contributed by atoms with Crippen molar-refractivity contribution < 1.29 is 13.5 Å². The molecule has 3 N–H and O–H groups in total. The van der Waals surface area contributed by atoms with Crippen molar-refractivity contribution in [2.75, 3.05) is 6.54 Å². The van der Waals surface area contributed by atoms with Crippen molar-refractivity contribution in [2.45, 2.75) is 24.8 Å². The highest BCUT2D eigenvalue weighted by atomic mass is 32.2. The Kier molecular flexibility index (Phi) is 4.04. The summed E-state index contributed by atoms with van der Waals surface area (Å²) in [6.07, 6.45) is -0.853. The Balaban J connectivity index is 2.11. The first-order valence-corrected chi connectivity index (χ1v) is 8.06. The molecule has 1 unspecified atom stereocenters. The van der Waals surface area contributed by atoms with E-state index in [-0.39, 0.29) is 11.4 Å². The van der Waals surface area contributed by atoms with Crippen LogP contribution in [0.2, 0.25) is 0 Å². The molecule has 0 saturated heterocycles. The summed E-state index contributed by atoms with van der Waals surface area (Å²) >= 11 is 1.45. The van der Waals surface area contributed by atoms with Crippen LogP contribution in [0, 0.1) is 13.8 Å². The van der Waals surface area contributed by atoms with E-state index >= 15 is 0 Å². The second kappa shape index (κ2) is 5.41. The molecule has 2 rings (SSSR count). The lowest BCUT2D eigenvalue weighted by Crippen LogP contribution is -2.29. The van der Waals surface area contributed by atoms with E-state index in [0.717, 1.165) is 0 Å². The molecule has 104 valence electrons. The molecule has 0 radical (unpaired) electrons. The zero-order valence-corrected chi connectivity index (χ0v) is 12.2. The number of aromatic nitrogens is 2. The van der Waals surface area contributed by atoms with Crippen molar-refractivity contribution in [1.29, 1.82) is 0 Å². The highest BCUT2D eigenvalue weighted by Gasteiger charge is 2.23. The zero-order chi connectivity index (χ0) is 14.0. The lowest BCUT2D eigenvalue weighted by molar-refractivity contribution is 0.182. The molecular weight excluding hydrogens is 286 g/mol. The van der Waals surface area contributed by atoms with Gasteiger partial charge in [-0.1, -0.05) is 0 Å². The number of thiophene rings is 1. The highest BCUT2D eigenvalue weighted by Crippen LogP contribution is 2.19. The van der Waals surface area contributed by atoms with E-state index in [9.17, 15) is 13.5 Å². The maximum atomic E-state index is 12.1. The Hall–Kier alpha value is -1.22. The summed E-state index contributed by atoms with van der Waals surface area (Å²) in [6, 6.07) is 1.76. The normalized spacial score (nSPS) is 13.6. The Bertz CT molecular complexity index is 627. The fraction of sp³-hybridized carbons (Fsp3) is 0.364. The van der Waals surface area contributed by atoms with Crippen molar-refractivity contribution >= 4 is 21.4 Å². The fourth-order valence-corrected chi connectivity index (χ4v) is 3.89. The van der Waals surface area contributed by atoms with Crippen LogP contribution in [0.3, 0.4) is 0 Å². The molecule has 0 fully saturated rings. The molecular formula is C11H15N3O3S2. The molecule has 8 heteroatoms. The quantitative estimate of drug-likeness (QED) is 0.770. The van der Waals surface area contributed by atoms with Crippen molar-refractivity contribution in [2.24, 2.45) is 0 Å². The van der Waals surface area contributed by atoms with Gasteiger partial charge in [0.05, 0.1) is 17.5 Å². The van der Waals surface area contributed by atoms with Gasteiger partial charge in [0.15, 0.2) is 0 Å². The van der Waals surface area contributed by atoms with Crippen LogP contribution in [-0.4, -0.2) is 30.3 Å². The molecule has 0 bridgehead atoms. The number of hydrogen-bond donors (Lipinski definition) is 3. The van der Waals surface area contributed by atoms with Crippen molar-refractivity contribution in [3.8, 4) is 0 Å². The van der Waals surface area contributed by atoms with Crippen LogP contribution in [-0.2, 0) is 10.0 Å². The third kappa shape index (κ3) is 3.03. The monoisotopic (exact) mass is 301 g/mol. The second-order valence-corrected chi connectivity index (χ2v) is 6.67. The Labute approximate surface area is 115 Å². The molecule has 2 aromatic rings. The summed E-state index contributed by atoms with van der Waals surface area (Å²) in [5.74, 6) is 0. The minimum atomic E-state index is -3.66. The highest BCUT2D eigenvalue weighted by molar-refractivity contribution is 7.89. The van der Waals surface area contributed by atoms with Crippen molar-refractivity contribution in [3.05, 3.63) is 33.8 Å². The number of aliphatic hydroxyl groups excluding tert-OH is 1. The first-order chi connectivity index (χ1) is 8.92. The average Bonchev–Trinajstić information content (AvgIpc) is 2.96. The fourth-order valence-electron chi connectivity index (χ4n) is 1.78. The molecule has 19 heavy (non-hydrogen) atoms. The molecule has 0 aliphatic heterocycles. The van der Waals surface area contributed by atoms with Crippen LogP contribution in [0.5, 0.6) is 0 Å². The van der Waals surface area contributed by atoms with Gasteiger partial charge in [0, 0.05) is 6.54 Å². The largest absolute Gasteiger partial charge is 0.387 e. The maximum Gasteiger partial charge on any atom is 0.244 e. The summed E-state index contributed by atoms with van der Waals surface area (Å²) in [6.45, 7) is 3.19. The Morgan fingerprint density at radius 2 is 2.26 bits per heavy atom. The molecule has 0 aliphatic rings. The van der Waals surface area contributed by atoms with Crippen LogP contribution in [0.1, 0.15) is 23.1 Å². The van der Waals surface area contributed by atoms with Crippen molar-refractivity contribution in [3.63, 3.8) is 0 Å². The third-order valence-corrected chi connectivity index (χ3v) is 5.11. The van der Waals surface area contributed by atoms with E-state index in [4.69, 9.17) is 0 Å². The summed E-state index contributed by atoms with van der Waals surface area (Å²) in [4.78, 5) is 0.144. The predicted molar refractivity (Wildman–Crippen MR) is 72.5 cm³/mol. The van der Waals surface area contributed by atoms with E-state index in [2.05, 4.69) is 14.9 Å². The van der Waals surface area contributed by atoms with Crippen LogP contribution in [0.25, 0.3) is 0 Å². The molecule has 0 saturated carbocycles. The molecule has 0 spiro atoms. The SMILES string of the molecule is Cc1n[nH]c(C)c1S(=O)(=O)NCC(O)c1ccsc1. The number of aliphatic hydroxyl groups is 1. The lowest BCUT2D eigenvalue weighted by Gasteiger charge is -2.11. The molecule has 2 aromatic heterocycles. The Morgan fingerprint density at radius 1 is 1.53 bits per heavy atom. The number of nitrogens with zero attached hydrogens (tertiary/aromatic N) is 1. The zero-order valence-electron chi connectivity index (χ0n) is 10.5. The van der Waals surface area contributed by atoms with Gasteiger partial charge in [0.25, 0.3) is 0 Å². The predicted octanol–water partition coefficient (Wildman–Crippen LogP) is 1.10. The average molecular weight is 301 g/mol. The summed E-state index contributed by atoms with van der Waals surface area (Å²) < 4.78 is 26.7. The third-order valence-electron chi connectivity index (χ3n) is 2.72. The minimum absolute atomic E-state index is 0.0663. The first kappa shape index (κ1) is 14.2. The van der Waals surface area contributed by atoms with Crippen molar-refractivity contribution in [1.82, 2.24) is 14.9 Å². The summed E-state index contributed by atoms with van der Waals surface area (Å²) in [5.41, 5.74) is 1.60. The van der Waals surface area contributed by atoms with Gasteiger partial charge in [-0.2, -0.15) is 16.4 Å². The number of aryl methyl sites for hydroxylation is 2. The number of aromatic amines is 1. The molecule has 0 amide bonds. The number of nitrogens with one attached hydrogen (secondary N) is 2. The van der Waals surface area contributed by atoms with E-state index < -0.39 is 16.1 Å². The topological polar surface area (TPSA) is 95.1 Å². The van der Waals surface area contributed by atoms with E-state index in [1.165, 1.54) is 11.3 Å². The van der Waals surface area contributed by atoms with Gasteiger partial charge in [-0.05, 0) is 36.2 Å². The minimum Gasteiger partial charge on any atom is -0.387 e. The van der Waals surface area contributed by atoms with Gasteiger partial charge >= 0.3 is 0 Å². The van der Waals surface area contributed by atoms with E-state index in [1.54, 1.807) is 25.3 Å². The molecule has 6 nitrogen and oxygen atoms in total. The number of hydrogen-bond acceptors (Lipinski definition) is 5. The second-order valence-electron chi connectivity index (χ2n) is 4.19. The molecule has 1 atom stereocenters. The number of H-pyrrole nitrogens is 1. The standard InChI is InChI=1S/C11H15N3O3S2/c1-7-11(8(2)14-13-7)19(16,17)12-5-10(15)9-3-4-18-6-9/h3-4,6,10,12,15H,5H2,1-2H3,(H,13,14). The first-order valence-electron chi connectivity index (χ1n) is 5.63. The van der Waals surface area contributed by atoms with E-state index in [1.807, 2.05) is 5.38 Å². The van der Waals surface area contributed by atoms with Crippen LogP contribution in [0.4, 0.5) is 0 Å². The van der Waals surface area contributed by atoms with Gasteiger partial charge in [0.2, 0.25) is 10.0 Å². The molecule has 2 heterocycles. The maximum absolute atomic E-state index is 12.1. The van der Waals surface area contributed by atoms with Crippen LogP contribution < -0.4 is 4.72 Å². The van der Waals surface area contributed by atoms with Gasteiger partial charge in [0.1, 0.15) is 4.90 Å². The van der Waals surface area contributed by atoms with Gasteiger partial charge < -0.3 is 5.11 Å². The van der Waals surface area contributed by atoms with Crippen LogP contribution >= 0.6 is 11.3 Å². The van der Waals surface area contributed by atoms with Crippen LogP contribution in [0.15, 0.2) is 21.7 Å². The van der Waals surface area contributed by atoms with Gasteiger partial charge in [-0.3, -0.25) is 5.10 Å². The number of rotatable bonds is 5. The number of sulfonamides is 1. The summed E-state index contributed by atoms with van der Waals surface area (Å²) in [5, 5.41) is 20.0. The lowest BCUT2D eigenvalue weighted by atomic mass is 10.2. The van der Waals surface area contributed by atoms with Gasteiger partial charge in [-0.15, -0.1) is 0 Å².